The molecule has 0 aromatic carbocycles. The highest BCUT2D eigenvalue weighted by Gasteiger charge is 2.28. The monoisotopic (exact) mass is 316 g/mol. The Hall–Kier alpha value is -2.52. The average molecular weight is 316 g/mol. The second-order valence-corrected chi connectivity index (χ2v) is 4.98. The standard InChI is InChI=1S/C12H15F3N6O/c1-7(2)9-3-10(20-19-9)18-11(22)17-8-4-16-21(5-8)6-12(13,14)15/h3-5,7H,6H2,1-2H3,(H3,17,18,19,20,22). The topological polar surface area (TPSA) is 87.6 Å². The first-order valence-corrected chi connectivity index (χ1v) is 6.45. The number of hydrogen-bond donors (Lipinski definition) is 3. The summed E-state index contributed by atoms with van der Waals surface area (Å²) in [7, 11) is 0. The van der Waals surface area contributed by atoms with Crippen molar-refractivity contribution in [2.45, 2.75) is 32.5 Å². The van der Waals surface area contributed by atoms with E-state index in [2.05, 4.69) is 25.9 Å². The molecule has 0 aliphatic carbocycles. The summed E-state index contributed by atoms with van der Waals surface area (Å²) in [5.74, 6) is 0.551. The summed E-state index contributed by atoms with van der Waals surface area (Å²) in [6, 6.07) is 1.06. The van der Waals surface area contributed by atoms with Crippen molar-refractivity contribution < 1.29 is 18.0 Å². The molecule has 0 atom stereocenters. The molecule has 2 heterocycles. The number of halogens is 3. The average Bonchev–Trinajstić information content (AvgIpc) is 2.97. The number of hydrogen-bond acceptors (Lipinski definition) is 3. The Bertz CT molecular complexity index is 645. The molecule has 10 heteroatoms. The lowest BCUT2D eigenvalue weighted by atomic mass is 10.1. The van der Waals surface area contributed by atoms with Crippen LogP contribution in [0.3, 0.4) is 0 Å². The number of anilines is 2. The SMILES string of the molecule is CC(C)c1cc(NC(=O)Nc2cnn(CC(F)(F)F)c2)n[nH]1. The lowest BCUT2D eigenvalue weighted by Gasteiger charge is -2.05. The molecule has 2 aromatic rings. The Morgan fingerprint density at radius 3 is 2.73 bits per heavy atom. The summed E-state index contributed by atoms with van der Waals surface area (Å²) in [5.41, 5.74) is 1.01. The van der Waals surface area contributed by atoms with Crippen LogP contribution in [-0.4, -0.2) is 32.2 Å². The van der Waals surface area contributed by atoms with Gasteiger partial charge in [0.15, 0.2) is 5.82 Å². The molecule has 0 saturated carbocycles. The van der Waals surface area contributed by atoms with Crippen LogP contribution < -0.4 is 10.6 Å². The molecular weight excluding hydrogens is 301 g/mol. The Kier molecular flexibility index (Phi) is 4.38. The Labute approximate surface area is 123 Å². The first-order valence-electron chi connectivity index (χ1n) is 6.45. The molecule has 0 aliphatic heterocycles. The molecule has 0 bridgehead atoms. The molecule has 3 N–H and O–H groups in total. The van der Waals surface area contributed by atoms with Gasteiger partial charge in [-0.3, -0.25) is 15.1 Å². The quantitative estimate of drug-likeness (QED) is 0.810. The largest absolute Gasteiger partial charge is 0.408 e. The predicted octanol–water partition coefficient (Wildman–Crippen LogP) is 2.94. The van der Waals surface area contributed by atoms with Crippen LogP contribution >= 0.6 is 0 Å². The summed E-state index contributed by atoms with van der Waals surface area (Å²) in [5, 5.41) is 15.0. The van der Waals surface area contributed by atoms with Crippen LogP contribution in [0.4, 0.5) is 29.5 Å². The second-order valence-electron chi connectivity index (χ2n) is 4.98. The van der Waals surface area contributed by atoms with E-state index in [-0.39, 0.29) is 11.6 Å². The highest BCUT2D eigenvalue weighted by molar-refractivity contribution is 5.98. The molecule has 0 fully saturated rings. The summed E-state index contributed by atoms with van der Waals surface area (Å²) in [6.45, 7) is 2.71. The Morgan fingerprint density at radius 1 is 1.41 bits per heavy atom. The third kappa shape index (κ3) is 4.50. The van der Waals surface area contributed by atoms with Crippen LogP contribution in [0.2, 0.25) is 0 Å². The highest BCUT2D eigenvalue weighted by Crippen LogP contribution is 2.18. The molecule has 22 heavy (non-hydrogen) atoms. The summed E-state index contributed by atoms with van der Waals surface area (Å²) in [6.07, 6.45) is -2.14. The van der Waals surface area contributed by atoms with Gasteiger partial charge in [-0.25, -0.2) is 4.79 Å². The van der Waals surface area contributed by atoms with Crippen molar-refractivity contribution in [2.75, 3.05) is 10.6 Å². The number of H-pyrrole nitrogens is 1. The highest BCUT2D eigenvalue weighted by atomic mass is 19.4. The van der Waals surface area contributed by atoms with Gasteiger partial charge in [0.05, 0.1) is 11.9 Å². The molecule has 0 radical (unpaired) electrons. The summed E-state index contributed by atoms with van der Waals surface area (Å²) in [4.78, 5) is 11.7. The normalized spacial score (nSPS) is 11.7. The predicted molar refractivity (Wildman–Crippen MR) is 73.6 cm³/mol. The van der Waals surface area contributed by atoms with Crippen molar-refractivity contribution in [2.24, 2.45) is 0 Å². The van der Waals surface area contributed by atoms with Gasteiger partial charge in [-0.05, 0) is 5.92 Å². The van der Waals surface area contributed by atoms with Crippen molar-refractivity contribution in [3.8, 4) is 0 Å². The number of aromatic nitrogens is 4. The summed E-state index contributed by atoms with van der Waals surface area (Å²) < 4.78 is 37.3. The van der Waals surface area contributed by atoms with Gasteiger partial charge in [-0.2, -0.15) is 23.4 Å². The molecule has 2 amide bonds. The number of amides is 2. The van der Waals surface area contributed by atoms with E-state index in [1.165, 1.54) is 0 Å². The number of aromatic amines is 1. The van der Waals surface area contributed by atoms with Gasteiger partial charge in [0.2, 0.25) is 0 Å². The van der Waals surface area contributed by atoms with Crippen LogP contribution in [0.5, 0.6) is 0 Å². The molecule has 0 spiro atoms. The first-order chi connectivity index (χ1) is 10.2. The lowest BCUT2D eigenvalue weighted by Crippen LogP contribution is -2.20. The maximum absolute atomic E-state index is 12.2. The smallest absolute Gasteiger partial charge is 0.305 e. The maximum atomic E-state index is 12.2. The van der Waals surface area contributed by atoms with E-state index in [9.17, 15) is 18.0 Å². The zero-order valence-corrected chi connectivity index (χ0v) is 11.9. The number of nitrogens with zero attached hydrogens (tertiary/aromatic N) is 3. The fourth-order valence-corrected chi connectivity index (χ4v) is 1.67. The molecular formula is C12H15F3N6O. The number of carbonyl (C=O) groups is 1. The van der Waals surface area contributed by atoms with Crippen LogP contribution in [0.15, 0.2) is 18.5 Å². The minimum atomic E-state index is -4.37. The molecule has 0 saturated heterocycles. The van der Waals surface area contributed by atoms with E-state index in [1.54, 1.807) is 6.07 Å². The molecule has 2 rings (SSSR count). The van der Waals surface area contributed by atoms with Gasteiger partial charge < -0.3 is 5.32 Å². The molecule has 0 unspecified atom stereocenters. The van der Waals surface area contributed by atoms with Gasteiger partial charge in [-0.1, -0.05) is 13.8 Å². The van der Waals surface area contributed by atoms with Crippen LogP contribution in [0, 0.1) is 0 Å². The Morgan fingerprint density at radius 2 is 2.14 bits per heavy atom. The number of alkyl halides is 3. The maximum Gasteiger partial charge on any atom is 0.408 e. The van der Waals surface area contributed by atoms with Gasteiger partial charge in [0, 0.05) is 18.0 Å². The van der Waals surface area contributed by atoms with E-state index in [1.807, 2.05) is 13.8 Å². The number of nitrogens with one attached hydrogen (secondary N) is 3. The molecule has 2 aromatic heterocycles. The van der Waals surface area contributed by atoms with E-state index in [0.29, 0.717) is 10.5 Å². The van der Waals surface area contributed by atoms with Crippen molar-refractivity contribution in [3.63, 3.8) is 0 Å². The van der Waals surface area contributed by atoms with E-state index in [0.717, 1.165) is 18.1 Å². The van der Waals surface area contributed by atoms with E-state index in [4.69, 9.17) is 0 Å². The molecule has 0 aliphatic rings. The second kappa shape index (κ2) is 6.08. The third-order valence-electron chi connectivity index (χ3n) is 2.69. The fraction of sp³-hybridized carbons (Fsp3) is 0.417. The Balaban J connectivity index is 1.91. The van der Waals surface area contributed by atoms with Crippen molar-refractivity contribution in [3.05, 3.63) is 24.2 Å². The zero-order chi connectivity index (χ0) is 16.3. The zero-order valence-electron chi connectivity index (χ0n) is 11.9. The van der Waals surface area contributed by atoms with E-state index >= 15 is 0 Å². The van der Waals surface area contributed by atoms with E-state index < -0.39 is 18.8 Å². The molecule has 120 valence electrons. The first kappa shape index (κ1) is 15.9. The minimum Gasteiger partial charge on any atom is -0.305 e. The number of urea groups is 1. The van der Waals surface area contributed by atoms with Crippen molar-refractivity contribution in [1.29, 1.82) is 0 Å². The van der Waals surface area contributed by atoms with Crippen molar-refractivity contribution in [1.82, 2.24) is 20.0 Å². The number of rotatable bonds is 4. The van der Waals surface area contributed by atoms with Crippen LogP contribution in [0.1, 0.15) is 25.5 Å². The number of carbonyl (C=O) groups excluding carboxylic acids is 1. The lowest BCUT2D eigenvalue weighted by molar-refractivity contribution is -0.142. The fourth-order valence-electron chi connectivity index (χ4n) is 1.67. The third-order valence-corrected chi connectivity index (χ3v) is 2.69. The summed E-state index contributed by atoms with van der Waals surface area (Å²) >= 11 is 0. The van der Waals surface area contributed by atoms with Crippen LogP contribution in [-0.2, 0) is 6.54 Å². The van der Waals surface area contributed by atoms with Crippen LogP contribution in [0.25, 0.3) is 0 Å². The molecule has 7 nitrogen and oxygen atoms in total. The van der Waals surface area contributed by atoms with Gasteiger partial charge in [-0.15, -0.1) is 0 Å². The van der Waals surface area contributed by atoms with Gasteiger partial charge >= 0.3 is 12.2 Å². The minimum absolute atomic E-state index is 0.154. The van der Waals surface area contributed by atoms with Gasteiger partial charge in [0.1, 0.15) is 6.54 Å². The van der Waals surface area contributed by atoms with Gasteiger partial charge in [0.25, 0.3) is 0 Å². The van der Waals surface area contributed by atoms with Crippen molar-refractivity contribution >= 4 is 17.5 Å².